The van der Waals surface area contributed by atoms with E-state index in [0.29, 0.717) is 0 Å². The number of nitrogens with zero attached hydrogens (tertiary/aromatic N) is 1. The van der Waals surface area contributed by atoms with Gasteiger partial charge < -0.3 is 4.90 Å². The number of nitrogens with one attached hydrogen (secondary N) is 1. The summed E-state index contributed by atoms with van der Waals surface area (Å²) in [6.45, 7) is 2.14. The van der Waals surface area contributed by atoms with Crippen LogP contribution in [0.25, 0.3) is 0 Å². The van der Waals surface area contributed by atoms with Crippen molar-refractivity contribution in [2.75, 3.05) is 14.1 Å². The lowest BCUT2D eigenvalue weighted by Gasteiger charge is -2.48. The van der Waals surface area contributed by atoms with E-state index in [1.807, 2.05) is 0 Å². The second kappa shape index (κ2) is 6.04. The van der Waals surface area contributed by atoms with Crippen LogP contribution in [0.3, 0.4) is 0 Å². The second-order valence-corrected chi connectivity index (χ2v) is 6.07. The molecule has 1 aliphatic carbocycles. The number of aryl methyl sites for hydroxylation is 1. The lowest BCUT2D eigenvalue weighted by molar-refractivity contribution is 0.0564. The fourth-order valence-corrected chi connectivity index (χ4v) is 3.57. The minimum atomic E-state index is 0.140. The molecule has 0 amide bonds. The van der Waals surface area contributed by atoms with E-state index < -0.39 is 0 Å². The number of hydrogen-bond acceptors (Lipinski definition) is 3. The first-order valence-electron chi connectivity index (χ1n) is 7.30. The Balaban J connectivity index is 2.37. The SMILES string of the molecule is Cc1cccc(C(NN)C2(N(C)C)CCCCC2)c1. The van der Waals surface area contributed by atoms with E-state index in [-0.39, 0.29) is 11.6 Å². The van der Waals surface area contributed by atoms with E-state index in [1.54, 1.807) is 0 Å². The summed E-state index contributed by atoms with van der Waals surface area (Å²) >= 11 is 0. The van der Waals surface area contributed by atoms with Crippen molar-refractivity contribution >= 4 is 0 Å². The van der Waals surface area contributed by atoms with E-state index in [2.05, 4.69) is 55.6 Å². The minimum Gasteiger partial charge on any atom is -0.302 e. The first-order valence-corrected chi connectivity index (χ1v) is 7.30. The van der Waals surface area contributed by atoms with E-state index in [9.17, 15) is 0 Å². The monoisotopic (exact) mass is 261 g/mol. The van der Waals surface area contributed by atoms with Gasteiger partial charge >= 0.3 is 0 Å². The lowest BCUT2D eigenvalue weighted by Crippen LogP contribution is -2.56. The summed E-state index contributed by atoms with van der Waals surface area (Å²) in [4.78, 5) is 2.37. The summed E-state index contributed by atoms with van der Waals surface area (Å²) in [5.41, 5.74) is 5.83. The van der Waals surface area contributed by atoms with Gasteiger partial charge in [-0.2, -0.15) is 0 Å². The summed E-state index contributed by atoms with van der Waals surface area (Å²) in [6.07, 6.45) is 6.36. The highest BCUT2D eigenvalue weighted by Crippen LogP contribution is 2.41. The molecule has 1 aliphatic rings. The smallest absolute Gasteiger partial charge is 0.0643 e. The third-order valence-corrected chi connectivity index (χ3v) is 4.69. The highest BCUT2D eigenvalue weighted by molar-refractivity contribution is 5.28. The molecule has 3 N–H and O–H groups in total. The number of benzene rings is 1. The molecule has 0 radical (unpaired) electrons. The normalized spacial score (nSPS) is 20.5. The van der Waals surface area contributed by atoms with Gasteiger partial charge in [0.2, 0.25) is 0 Å². The van der Waals surface area contributed by atoms with Gasteiger partial charge in [-0.25, -0.2) is 0 Å². The van der Waals surface area contributed by atoms with Crippen LogP contribution in [0.2, 0.25) is 0 Å². The average molecular weight is 261 g/mol. The number of nitrogens with two attached hydrogens (primary N) is 1. The first kappa shape index (κ1) is 14.5. The van der Waals surface area contributed by atoms with Crippen molar-refractivity contribution in [3.8, 4) is 0 Å². The largest absolute Gasteiger partial charge is 0.302 e. The van der Waals surface area contributed by atoms with Gasteiger partial charge in [-0.3, -0.25) is 11.3 Å². The third kappa shape index (κ3) is 2.83. The van der Waals surface area contributed by atoms with Gasteiger partial charge in [0.05, 0.1) is 6.04 Å². The Hall–Kier alpha value is -0.900. The second-order valence-electron chi connectivity index (χ2n) is 6.07. The van der Waals surface area contributed by atoms with Crippen LogP contribution in [0.4, 0.5) is 0 Å². The van der Waals surface area contributed by atoms with Crippen LogP contribution < -0.4 is 11.3 Å². The van der Waals surface area contributed by atoms with Crippen molar-refractivity contribution in [2.24, 2.45) is 5.84 Å². The van der Waals surface area contributed by atoms with Crippen LogP contribution in [0.5, 0.6) is 0 Å². The molecule has 0 saturated heterocycles. The van der Waals surface area contributed by atoms with Crippen LogP contribution in [0.15, 0.2) is 24.3 Å². The molecular formula is C16H27N3. The molecular weight excluding hydrogens is 234 g/mol. The fraction of sp³-hybridized carbons (Fsp3) is 0.625. The molecule has 1 fully saturated rings. The Bertz CT molecular complexity index is 408. The summed E-state index contributed by atoms with van der Waals surface area (Å²) in [7, 11) is 4.37. The number of hydrazine groups is 1. The zero-order chi connectivity index (χ0) is 13.9. The third-order valence-electron chi connectivity index (χ3n) is 4.69. The van der Waals surface area contributed by atoms with Crippen LogP contribution in [0.1, 0.15) is 49.3 Å². The average Bonchev–Trinajstić information content (AvgIpc) is 2.40. The van der Waals surface area contributed by atoms with E-state index >= 15 is 0 Å². The molecule has 1 unspecified atom stereocenters. The Morgan fingerprint density at radius 1 is 1.21 bits per heavy atom. The summed E-state index contributed by atoms with van der Waals surface area (Å²) in [5, 5.41) is 0. The summed E-state index contributed by atoms with van der Waals surface area (Å²) in [6, 6.07) is 8.91. The van der Waals surface area contributed by atoms with Crippen molar-refractivity contribution in [2.45, 2.75) is 50.6 Å². The number of rotatable bonds is 4. The van der Waals surface area contributed by atoms with Gasteiger partial charge in [0.1, 0.15) is 0 Å². The van der Waals surface area contributed by atoms with Crippen molar-refractivity contribution in [1.29, 1.82) is 0 Å². The zero-order valence-electron chi connectivity index (χ0n) is 12.4. The minimum absolute atomic E-state index is 0.140. The van der Waals surface area contributed by atoms with Crippen molar-refractivity contribution in [3.63, 3.8) is 0 Å². The maximum atomic E-state index is 5.93. The molecule has 0 heterocycles. The maximum Gasteiger partial charge on any atom is 0.0643 e. The predicted molar refractivity (Wildman–Crippen MR) is 80.7 cm³/mol. The van der Waals surface area contributed by atoms with Gasteiger partial charge in [0.25, 0.3) is 0 Å². The van der Waals surface area contributed by atoms with Crippen LogP contribution in [-0.2, 0) is 0 Å². The standard InChI is InChI=1S/C16H27N3/c1-13-8-7-9-14(12-13)15(18-17)16(19(2)3)10-5-4-6-11-16/h7-9,12,15,18H,4-6,10-11,17H2,1-3H3. The predicted octanol–water partition coefficient (Wildman–Crippen LogP) is 2.76. The van der Waals surface area contributed by atoms with Crippen LogP contribution in [0, 0.1) is 6.92 Å². The first-order chi connectivity index (χ1) is 9.10. The molecule has 3 nitrogen and oxygen atoms in total. The summed E-state index contributed by atoms with van der Waals surface area (Å²) in [5.74, 6) is 5.93. The van der Waals surface area contributed by atoms with Gasteiger partial charge in [0.15, 0.2) is 0 Å². The van der Waals surface area contributed by atoms with Crippen molar-refractivity contribution < 1.29 is 0 Å². The Morgan fingerprint density at radius 2 is 1.89 bits per heavy atom. The van der Waals surface area contributed by atoms with E-state index in [1.165, 1.54) is 43.2 Å². The van der Waals surface area contributed by atoms with E-state index in [0.717, 1.165) is 0 Å². The quantitative estimate of drug-likeness (QED) is 0.647. The van der Waals surface area contributed by atoms with Gasteiger partial charge in [-0.15, -0.1) is 0 Å². The molecule has 0 spiro atoms. The zero-order valence-corrected chi connectivity index (χ0v) is 12.4. The molecule has 106 valence electrons. The molecule has 1 atom stereocenters. The molecule has 1 aromatic rings. The van der Waals surface area contributed by atoms with Gasteiger partial charge in [-0.05, 0) is 39.4 Å². The molecule has 3 heteroatoms. The van der Waals surface area contributed by atoms with Crippen molar-refractivity contribution in [1.82, 2.24) is 10.3 Å². The maximum absolute atomic E-state index is 5.93. The highest BCUT2D eigenvalue weighted by Gasteiger charge is 2.42. The molecule has 2 rings (SSSR count). The number of likely N-dealkylation sites (N-methyl/N-ethyl adjacent to an activating group) is 1. The van der Waals surface area contributed by atoms with E-state index in [4.69, 9.17) is 5.84 Å². The Labute approximate surface area is 117 Å². The number of hydrogen-bond donors (Lipinski definition) is 2. The van der Waals surface area contributed by atoms with Crippen molar-refractivity contribution in [3.05, 3.63) is 35.4 Å². The van der Waals surface area contributed by atoms with Gasteiger partial charge in [-0.1, -0.05) is 49.1 Å². The Kier molecular flexibility index (Phi) is 4.61. The summed E-state index contributed by atoms with van der Waals surface area (Å²) < 4.78 is 0. The molecule has 0 aliphatic heterocycles. The molecule has 1 aromatic carbocycles. The topological polar surface area (TPSA) is 41.3 Å². The molecule has 0 bridgehead atoms. The van der Waals surface area contributed by atoms with Crippen LogP contribution >= 0.6 is 0 Å². The molecule has 1 saturated carbocycles. The highest BCUT2D eigenvalue weighted by atomic mass is 15.3. The fourth-order valence-electron chi connectivity index (χ4n) is 3.57. The van der Waals surface area contributed by atoms with Gasteiger partial charge in [0, 0.05) is 5.54 Å². The van der Waals surface area contributed by atoms with Crippen LogP contribution in [-0.4, -0.2) is 24.5 Å². The Morgan fingerprint density at radius 3 is 2.42 bits per heavy atom. The lowest BCUT2D eigenvalue weighted by atomic mass is 9.73. The molecule has 19 heavy (non-hydrogen) atoms. The molecule has 0 aromatic heterocycles.